The van der Waals surface area contributed by atoms with Crippen LogP contribution in [-0.4, -0.2) is 50.2 Å². The van der Waals surface area contributed by atoms with E-state index in [9.17, 15) is 18.3 Å². The third kappa shape index (κ3) is 4.00. The summed E-state index contributed by atoms with van der Waals surface area (Å²) in [5, 5.41) is 13.5. The van der Waals surface area contributed by atoms with E-state index in [-0.39, 0.29) is 18.2 Å². The van der Waals surface area contributed by atoms with Crippen LogP contribution in [0.4, 0.5) is 0 Å². The molecule has 1 fully saturated rings. The number of nitrogens with one attached hydrogen (secondary N) is 1. The number of ether oxygens (including phenoxy) is 2. The van der Waals surface area contributed by atoms with E-state index in [4.69, 9.17) is 9.47 Å². The minimum Gasteiger partial charge on any atom is -0.454 e. The maximum Gasteiger partial charge on any atom is 0.251 e. The summed E-state index contributed by atoms with van der Waals surface area (Å²) in [4.78, 5) is 12.7. The monoisotopic (exact) mass is 432 g/mol. The molecule has 4 rings (SSSR count). The molecule has 2 N–H and O–H groups in total. The fourth-order valence-corrected chi connectivity index (χ4v) is 5.06. The van der Waals surface area contributed by atoms with Gasteiger partial charge in [-0.05, 0) is 61.7 Å². The van der Waals surface area contributed by atoms with E-state index in [1.54, 1.807) is 25.1 Å². The molecule has 2 aromatic rings. The van der Waals surface area contributed by atoms with Crippen LogP contribution in [0.3, 0.4) is 0 Å². The molecule has 1 amide bonds. The van der Waals surface area contributed by atoms with Crippen molar-refractivity contribution in [3.8, 4) is 11.5 Å². The van der Waals surface area contributed by atoms with Gasteiger partial charge in [0.2, 0.25) is 16.8 Å². The van der Waals surface area contributed by atoms with Crippen molar-refractivity contribution in [1.29, 1.82) is 0 Å². The SMILES string of the molecule is CC(O)(CNC(=O)c1ccc(S(=O)(=O)N2CCCC2)cc1)c1ccc2c(c1)OCO2. The van der Waals surface area contributed by atoms with Gasteiger partial charge < -0.3 is 19.9 Å². The van der Waals surface area contributed by atoms with Gasteiger partial charge in [-0.1, -0.05) is 6.07 Å². The largest absolute Gasteiger partial charge is 0.454 e. The van der Waals surface area contributed by atoms with Crippen LogP contribution in [0.25, 0.3) is 0 Å². The van der Waals surface area contributed by atoms with Crippen LogP contribution in [0.5, 0.6) is 11.5 Å². The summed E-state index contributed by atoms with van der Waals surface area (Å²) in [6, 6.07) is 11.0. The Bertz CT molecular complexity index is 1040. The highest BCUT2D eigenvalue weighted by molar-refractivity contribution is 7.89. The molecule has 0 saturated carbocycles. The number of sulfonamides is 1. The van der Waals surface area contributed by atoms with E-state index in [1.807, 2.05) is 0 Å². The lowest BCUT2D eigenvalue weighted by molar-refractivity contribution is 0.0525. The van der Waals surface area contributed by atoms with Crippen LogP contribution in [0.2, 0.25) is 0 Å². The van der Waals surface area contributed by atoms with E-state index in [0.717, 1.165) is 12.8 Å². The molecule has 0 aromatic heterocycles. The van der Waals surface area contributed by atoms with Gasteiger partial charge in [-0.15, -0.1) is 0 Å². The normalized spacial score (nSPS) is 18.2. The van der Waals surface area contributed by atoms with Crippen molar-refractivity contribution >= 4 is 15.9 Å². The van der Waals surface area contributed by atoms with Crippen LogP contribution in [0.1, 0.15) is 35.7 Å². The summed E-state index contributed by atoms with van der Waals surface area (Å²) in [5.41, 5.74) is -0.425. The van der Waals surface area contributed by atoms with E-state index in [2.05, 4.69) is 5.32 Å². The van der Waals surface area contributed by atoms with Crippen molar-refractivity contribution in [2.45, 2.75) is 30.3 Å². The maximum atomic E-state index is 12.6. The highest BCUT2D eigenvalue weighted by Crippen LogP contribution is 2.35. The predicted octanol–water partition coefficient (Wildman–Crippen LogP) is 1.84. The van der Waals surface area contributed by atoms with Gasteiger partial charge in [0, 0.05) is 18.7 Å². The number of aliphatic hydroxyl groups is 1. The van der Waals surface area contributed by atoms with E-state index >= 15 is 0 Å². The first kappa shape index (κ1) is 20.6. The quantitative estimate of drug-likeness (QED) is 0.722. The van der Waals surface area contributed by atoms with Crippen molar-refractivity contribution in [1.82, 2.24) is 9.62 Å². The molecule has 9 heteroatoms. The van der Waals surface area contributed by atoms with Gasteiger partial charge in [0.15, 0.2) is 11.5 Å². The van der Waals surface area contributed by atoms with Gasteiger partial charge in [0.25, 0.3) is 5.91 Å². The van der Waals surface area contributed by atoms with Crippen molar-refractivity contribution in [3.05, 3.63) is 53.6 Å². The number of rotatable bonds is 6. The zero-order valence-corrected chi connectivity index (χ0v) is 17.4. The highest BCUT2D eigenvalue weighted by Gasteiger charge is 2.28. The molecule has 30 heavy (non-hydrogen) atoms. The first-order valence-electron chi connectivity index (χ1n) is 9.78. The smallest absolute Gasteiger partial charge is 0.251 e. The van der Waals surface area contributed by atoms with Crippen LogP contribution < -0.4 is 14.8 Å². The van der Waals surface area contributed by atoms with Gasteiger partial charge in [0.05, 0.1) is 11.4 Å². The van der Waals surface area contributed by atoms with Gasteiger partial charge in [0.1, 0.15) is 5.60 Å². The molecule has 1 unspecified atom stereocenters. The van der Waals surface area contributed by atoms with Crippen molar-refractivity contribution in [3.63, 3.8) is 0 Å². The Labute approximate surface area is 175 Å². The molecule has 160 valence electrons. The molecule has 2 heterocycles. The number of hydrogen-bond donors (Lipinski definition) is 2. The molecule has 2 aromatic carbocycles. The fraction of sp³-hybridized carbons (Fsp3) is 0.381. The molecule has 1 saturated heterocycles. The molecular formula is C21H24N2O6S. The number of amides is 1. The Morgan fingerprint density at radius 1 is 1.10 bits per heavy atom. The average molecular weight is 432 g/mol. The van der Waals surface area contributed by atoms with Gasteiger partial charge in [-0.25, -0.2) is 8.42 Å². The molecule has 2 aliphatic rings. The van der Waals surface area contributed by atoms with Crippen molar-refractivity contribution in [2.24, 2.45) is 0 Å². The number of nitrogens with zero attached hydrogens (tertiary/aromatic N) is 1. The zero-order chi connectivity index (χ0) is 21.4. The summed E-state index contributed by atoms with van der Waals surface area (Å²) in [6.45, 7) is 2.76. The lowest BCUT2D eigenvalue weighted by Gasteiger charge is -2.24. The van der Waals surface area contributed by atoms with Gasteiger partial charge >= 0.3 is 0 Å². The minimum absolute atomic E-state index is 0.0285. The first-order valence-corrected chi connectivity index (χ1v) is 11.2. The molecule has 0 spiro atoms. The summed E-state index contributed by atoms with van der Waals surface area (Å²) in [5.74, 6) is 0.762. The predicted molar refractivity (Wildman–Crippen MR) is 109 cm³/mol. The van der Waals surface area contributed by atoms with Crippen LogP contribution in [-0.2, 0) is 15.6 Å². The van der Waals surface area contributed by atoms with Crippen LogP contribution in [0, 0.1) is 0 Å². The minimum atomic E-state index is -3.52. The molecule has 0 bridgehead atoms. The number of carbonyl (C=O) groups is 1. The molecule has 1 atom stereocenters. The highest BCUT2D eigenvalue weighted by atomic mass is 32.2. The Balaban J connectivity index is 1.41. The standard InChI is InChI=1S/C21H24N2O6S/c1-21(25,16-6-9-18-19(12-16)29-14-28-18)13-22-20(24)15-4-7-17(8-5-15)30(26,27)23-10-2-3-11-23/h4-9,12,25H,2-3,10-11,13-14H2,1H3,(H,22,24). The average Bonchev–Trinajstić information content (AvgIpc) is 3.43. The second kappa shape index (κ2) is 7.90. The third-order valence-corrected chi connectivity index (χ3v) is 7.32. The lowest BCUT2D eigenvalue weighted by Crippen LogP contribution is -2.38. The number of hydrogen-bond acceptors (Lipinski definition) is 6. The number of benzene rings is 2. The summed E-state index contributed by atoms with van der Waals surface area (Å²) < 4.78 is 37.2. The second-order valence-electron chi connectivity index (χ2n) is 7.66. The first-order chi connectivity index (χ1) is 14.3. The molecule has 0 radical (unpaired) electrons. The molecule has 0 aliphatic carbocycles. The Morgan fingerprint density at radius 2 is 1.77 bits per heavy atom. The Morgan fingerprint density at radius 3 is 2.47 bits per heavy atom. The topological polar surface area (TPSA) is 105 Å². The molecular weight excluding hydrogens is 408 g/mol. The maximum absolute atomic E-state index is 12.6. The Kier molecular flexibility index (Phi) is 5.44. The van der Waals surface area contributed by atoms with Crippen molar-refractivity contribution in [2.75, 3.05) is 26.4 Å². The zero-order valence-electron chi connectivity index (χ0n) is 16.6. The summed E-state index contributed by atoms with van der Waals surface area (Å²) >= 11 is 0. The van der Waals surface area contributed by atoms with Crippen molar-refractivity contribution < 1.29 is 27.8 Å². The summed E-state index contributed by atoms with van der Waals surface area (Å²) in [6.07, 6.45) is 1.73. The Hall–Kier alpha value is -2.62. The second-order valence-corrected chi connectivity index (χ2v) is 9.60. The van der Waals surface area contributed by atoms with E-state index in [0.29, 0.717) is 35.7 Å². The third-order valence-electron chi connectivity index (χ3n) is 5.41. The van der Waals surface area contributed by atoms with Gasteiger partial charge in [-0.3, -0.25) is 4.79 Å². The van der Waals surface area contributed by atoms with E-state index in [1.165, 1.54) is 28.6 Å². The van der Waals surface area contributed by atoms with E-state index < -0.39 is 21.5 Å². The molecule has 2 aliphatic heterocycles. The summed E-state index contributed by atoms with van der Waals surface area (Å²) in [7, 11) is -3.52. The van der Waals surface area contributed by atoms with Gasteiger partial charge in [-0.2, -0.15) is 4.31 Å². The molecule has 8 nitrogen and oxygen atoms in total. The number of carbonyl (C=O) groups excluding carboxylic acids is 1. The van der Waals surface area contributed by atoms with Crippen LogP contribution >= 0.6 is 0 Å². The number of fused-ring (bicyclic) bond motifs is 1. The lowest BCUT2D eigenvalue weighted by atomic mass is 9.95. The fourth-order valence-electron chi connectivity index (χ4n) is 3.54. The van der Waals surface area contributed by atoms with Crippen LogP contribution in [0.15, 0.2) is 47.4 Å².